The molecule has 0 saturated carbocycles. The molecule has 1 N–H and O–H groups in total. The number of ether oxygens (including phenoxy) is 1. The Morgan fingerprint density at radius 3 is 3.27 bits per heavy atom. The van der Waals surface area contributed by atoms with Crippen LogP contribution in [0.25, 0.3) is 0 Å². The van der Waals surface area contributed by atoms with Gasteiger partial charge in [-0.2, -0.15) is 0 Å². The first-order valence-electron chi connectivity index (χ1n) is 5.53. The van der Waals surface area contributed by atoms with Gasteiger partial charge in [0.1, 0.15) is 0 Å². The minimum absolute atomic E-state index is 0.322. The highest BCUT2D eigenvalue weighted by molar-refractivity contribution is 4.91. The molecule has 1 aliphatic heterocycles. The largest absolute Gasteiger partial charge is 0.376 e. The van der Waals surface area contributed by atoms with Crippen molar-refractivity contribution in [3.63, 3.8) is 0 Å². The summed E-state index contributed by atoms with van der Waals surface area (Å²) in [6, 6.07) is 0. The van der Waals surface area contributed by atoms with E-state index in [0.29, 0.717) is 6.10 Å². The number of hydrogen-bond acceptors (Lipinski definition) is 4. The molecule has 0 spiro atoms. The van der Waals surface area contributed by atoms with Gasteiger partial charge in [-0.05, 0) is 26.3 Å². The van der Waals surface area contributed by atoms with Gasteiger partial charge in [-0.15, -0.1) is 5.10 Å². The molecule has 1 fully saturated rings. The average molecular weight is 210 g/mol. The lowest BCUT2D eigenvalue weighted by molar-refractivity contribution is 0.00370. The van der Waals surface area contributed by atoms with Crippen LogP contribution >= 0.6 is 0 Å². The summed E-state index contributed by atoms with van der Waals surface area (Å²) in [5.74, 6) is 0. The lowest BCUT2D eigenvalue weighted by Crippen LogP contribution is -2.24. The zero-order valence-electron chi connectivity index (χ0n) is 9.15. The van der Waals surface area contributed by atoms with Crippen molar-refractivity contribution >= 4 is 0 Å². The maximum atomic E-state index is 5.65. The molecule has 0 amide bonds. The van der Waals surface area contributed by atoms with Crippen LogP contribution in [0, 0.1) is 0 Å². The first-order chi connectivity index (χ1) is 7.38. The van der Waals surface area contributed by atoms with Crippen molar-refractivity contribution in [1.82, 2.24) is 20.3 Å². The van der Waals surface area contributed by atoms with E-state index >= 15 is 0 Å². The van der Waals surface area contributed by atoms with Crippen molar-refractivity contribution in [2.45, 2.75) is 38.5 Å². The molecule has 1 aliphatic rings. The van der Waals surface area contributed by atoms with E-state index in [1.54, 1.807) is 0 Å². The summed E-state index contributed by atoms with van der Waals surface area (Å²) < 4.78 is 7.52. The number of nitrogens with zero attached hydrogens (tertiary/aromatic N) is 3. The highest BCUT2D eigenvalue weighted by Crippen LogP contribution is 2.13. The second kappa shape index (κ2) is 5.23. The van der Waals surface area contributed by atoms with Gasteiger partial charge < -0.3 is 10.1 Å². The fourth-order valence-corrected chi connectivity index (χ4v) is 1.85. The highest BCUT2D eigenvalue weighted by atomic mass is 16.5. The molecule has 15 heavy (non-hydrogen) atoms. The van der Waals surface area contributed by atoms with E-state index in [1.165, 1.54) is 12.8 Å². The summed E-state index contributed by atoms with van der Waals surface area (Å²) >= 11 is 0. The topological polar surface area (TPSA) is 52.0 Å². The van der Waals surface area contributed by atoms with Crippen molar-refractivity contribution < 1.29 is 4.74 Å². The Balaban J connectivity index is 1.86. The molecule has 2 heterocycles. The maximum Gasteiger partial charge on any atom is 0.0964 e. The van der Waals surface area contributed by atoms with Gasteiger partial charge in [-0.1, -0.05) is 5.21 Å². The second-order valence-corrected chi connectivity index (χ2v) is 3.95. The zero-order valence-corrected chi connectivity index (χ0v) is 9.15. The Hall–Kier alpha value is -0.940. The van der Waals surface area contributed by atoms with Crippen molar-refractivity contribution in [3.05, 3.63) is 11.9 Å². The molecule has 0 bridgehead atoms. The van der Waals surface area contributed by atoms with E-state index in [2.05, 4.69) is 15.6 Å². The quantitative estimate of drug-likeness (QED) is 0.789. The molecule has 1 aromatic rings. The van der Waals surface area contributed by atoms with Crippen LogP contribution in [0.5, 0.6) is 0 Å². The summed E-state index contributed by atoms with van der Waals surface area (Å²) in [6.45, 7) is 2.49. The third kappa shape index (κ3) is 3.00. The van der Waals surface area contributed by atoms with Crippen LogP contribution in [-0.2, 0) is 17.8 Å². The average Bonchev–Trinajstić information content (AvgIpc) is 2.68. The van der Waals surface area contributed by atoms with Crippen LogP contribution in [0.2, 0.25) is 0 Å². The third-order valence-corrected chi connectivity index (χ3v) is 2.61. The molecule has 0 radical (unpaired) electrons. The molecular weight excluding hydrogens is 192 g/mol. The lowest BCUT2D eigenvalue weighted by Gasteiger charge is -2.21. The second-order valence-electron chi connectivity index (χ2n) is 3.95. The van der Waals surface area contributed by atoms with Gasteiger partial charge in [-0.25, -0.2) is 4.68 Å². The minimum Gasteiger partial charge on any atom is -0.376 e. The Bertz CT molecular complexity index is 293. The Morgan fingerprint density at radius 2 is 2.53 bits per heavy atom. The van der Waals surface area contributed by atoms with Crippen LogP contribution in [0.3, 0.4) is 0 Å². The normalized spacial score (nSPS) is 21.8. The molecule has 0 aliphatic carbocycles. The van der Waals surface area contributed by atoms with Crippen molar-refractivity contribution in [3.8, 4) is 0 Å². The molecule has 1 aromatic heterocycles. The van der Waals surface area contributed by atoms with Crippen LogP contribution in [0.4, 0.5) is 0 Å². The molecule has 5 nitrogen and oxygen atoms in total. The first-order valence-corrected chi connectivity index (χ1v) is 5.53. The smallest absolute Gasteiger partial charge is 0.0964 e. The monoisotopic (exact) mass is 210 g/mol. The number of rotatable bonds is 4. The fraction of sp³-hybridized carbons (Fsp3) is 0.800. The summed E-state index contributed by atoms with van der Waals surface area (Å²) in [5, 5.41) is 11.2. The SMILES string of the molecule is CNCc1cn(CC2CCCCO2)nn1. The van der Waals surface area contributed by atoms with E-state index in [9.17, 15) is 0 Å². The van der Waals surface area contributed by atoms with Crippen molar-refractivity contribution in [1.29, 1.82) is 0 Å². The Labute approximate surface area is 89.8 Å². The fourth-order valence-electron chi connectivity index (χ4n) is 1.85. The highest BCUT2D eigenvalue weighted by Gasteiger charge is 2.14. The molecule has 0 aromatic carbocycles. The van der Waals surface area contributed by atoms with Gasteiger partial charge in [-0.3, -0.25) is 0 Å². The molecule has 1 saturated heterocycles. The summed E-state index contributed by atoms with van der Waals surface area (Å²) in [4.78, 5) is 0. The minimum atomic E-state index is 0.322. The van der Waals surface area contributed by atoms with Crippen molar-refractivity contribution in [2.75, 3.05) is 13.7 Å². The molecule has 1 atom stereocenters. The Kier molecular flexibility index (Phi) is 3.69. The van der Waals surface area contributed by atoms with Crippen LogP contribution in [-0.4, -0.2) is 34.8 Å². The van der Waals surface area contributed by atoms with Gasteiger partial charge >= 0.3 is 0 Å². The maximum absolute atomic E-state index is 5.65. The van der Waals surface area contributed by atoms with Gasteiger partial charge in [0, 0.05) is 19.3 Å². The van der Waals surface area contributed by atoms with Crippen LogP contribution in [0.15, 0.2) is 6.20 Å². The molecule has 2 rings (SSSR count). The van der Waals surface area contributed by atoms with Crippen LogP contribution < -0.4 is 5.32 Å². The lowest BCUT2D eigenvalue weighted by atomic mass is 10.1. The van der Waals surface area contributed by atoms with Gasteiger partial charge in [0.15, 0.2) is 0 Å². The number of hydrogen-bond donors (Lipinski definition) is 1. The van der Waals surface area contributed by atoms with Gasteiger partial charge in [0.25, 0.3) is 0 Å². The number of aromatic nitrogens is 3. The predicted molar refractivity (Wildman–Crippen MR) is 56.4 cm³/mol. The zero-order chi connectivity index (χ0) is 10.5. The number of nitrogens with one attached hydrogen (secondary N) is 1. The summed E-state index contributed by atoms with van der Waals surface area (Å²) in [5.41, 5.74) is 0.980. The van der Waals surface area contributed by atoms with E-state index in [0.717, 1.165) is 31.8 Å². The predicted octanol–water partition coefficient (Wildman–Crippen LogP) is 0.567. The summed E-state index contributed by atoms with van der Waals surface area (Å²) in [7, 11) is 1.91. The summed E-state index contributed by atoms with van der Waals surface area (Å²) in [6.07, 6.45) is 5.90. The third-order valence-electron chi connectivity index (χ3n) is 2.61. The first kappa shape index (κ1) is 10.6. The molecular formula is C10H18N4O. The standard InChI is InChI=1S/C10H18N4O/c1-11-6-9-7-14(13-12-9)8-10-4-2-3-5-15-10/h7,10-11H,2-6,8H2,1H3. The Morgan fingerprint density at radius 1 is 1.60 bits per heavy atom. The molecule has 5 heteroatoms. The van der Waals surface area contributed by atoms with E-state index in [1.807, 2.05) is 17.9 Å². The van der Waals surface area contributed by atoms with Gasteiger partial charge in [0.2, 0.25) is 0 Å². The van der Waals surface area contributed by atoms with Crippen molar-refractivity contribution in [2.24, 2.45) is 0 Å². The molecule has 1 unspecified atom stereocenters. The molecule has 84 valence electrons. The van der Waals surface area contributed by atoms with E-state index in [4.69, 9.17) is 4.74 Å². The van der Waals surface area contributed by atoms with E-state index < -0.39 is 0 Å². The van der Waals surface area contributed by atoms with Gasteiger partial charge in [0.05, 0.1) is 18.3 Å². The van der Waals surface area contributed by atoms with Crippen LogP contribution in [0.1, 0.15) is 25.0 Å². The van der Waals surface area contributed by atoms with E-state index in [-0.39, 0.29) is 0 Å².